The lowest BCUT2D eigenvalue weighted by atomic mass is 9.88. The zero-order valence-electron chi connectivity index (χ0n) is 11.3. The molecule has 0 aromatic heterocycles. The van der Waals surface area contributed by atoms with Crippen LogP contribution in [-0.4, -0.2) is 43.7 Å². The molecule has 0 saturated carbocycles. The van der Waals surface area contributed by atoms with E-state index in [1.54, 1.807) is 12.1 Å². The van der Waals surface area contributed by atoms with Gasteiger partial charge in [0, 0.05) is 17.3 Å². The standard InChI is InChI=1S/C14H19ClN2O2/c1-17-9-3-8-14(10-17,13(18)19-2)16-12-6-4-11(15)5-7-12/h4-7,16H,3,8-10H2,1-2H3. The predicted octanol–water partition coefficient (Wildman–Crippen LogP) is 2.39. The number of nitrogens with one attached hydrogen (secondary N) is 1. The van der Waals surface area contributed by atoms with E-state index in [1.807, 2.05) is 19.2 Å². The Bertz CT molecular complexity index is 449. The second kappa shape index (κ2) is 5.80. The topological polar surface area (TPSA) is 41.6 Å². The van der Waals surface area contributed by atoms with E-state index in [0.29, 0.717) is 11.6 Å². The number of anilines is 1. The van der Waals surface area contributed by atoms with Gasteiger partial charge in [-0.25, -0.2) is 4.79 Å². The molecule has 1 aromatic rings. The highest BCUT2D eigenvalue weighted by Gasteiger charge is 2.42. The molecule has 1 aromatic carbocycles. The van der Waals surface area contributed by atoms with Crippen molar-refractivity contribution in [2.45, 2.75) is 18.4 Å². The molecule has 4 nitrogen and oxygen atoms in total. The van der Waals surface area contributed by atoms with Gasteiger partial charge in [0.25, 0.3) is 0 Å². The Morgan fingerprint density at radius 2 is 2.11 bits per heavy atom. The first-order chi connectivity index (χ1) is 9.05. The van der Waals surface area contributed by atoms with Crippen LogP contribution in [0, 0.1) is 0 Å². The summed E-state index contributed by atoms with van der Waals surface area (Å²) in [6, 6.07) is 7.37. The molecule has 0 radical (unpaired) electrons. The van der Waals surface area contributed by atoms with E-state index in [1.165, 1.54) is 7.11 Å². The maximum Gasteiger partial charge on any atom is 0.332 e. The van der Waals surface area contributed by atoms with Crippen LogP contribution in [0.1, 0.15) is 12.8 Å². The number of rotatable bonds is 3. The fourth-order valence-corrected chi connectivity index (χ4v) is 2.72. The average Bonchev–Trinajstić information content (AvgIpc) is 2.40. The summed E-state index contributed by atoms with van der Waals surface area (Å²) >= 11 is 5.87. The maximum atomic E-state index is 12.2. The second-order valence-electron chi connectivity index (χ2n) is 5.05. The largest absolute Gasteiger partial charge is 0.467 e. The number of nitrogens with zero attached hydrogens (tertiary/aromatic N) is 1. The van der Waals surface area contributed by atoms with Crippen LogP contribution in [0.4, 0.5) is 5.69 Å². The number of benzene rings is 1. The summed E-state index contributed by atoms with van der Waals surface area (Å²) in [5.41, 5.74) is 0.209. The van der Waals surface area contributed by atoms with Gasteiger partial charge in [-0.05, 0) is 50.7 Å². The highest BCUT2D eigenvalue weighted by atomic mass is 35.5. The molecular formula is C14H19ClN2O2. The van der Waals surface area contributed by atoms with Crippen molar-refractivity contribution in [2.75, 3.05) is 32.6 Å². The monoisotopic (exact) mass is 282 g/mol. The van der Waals surface area contributed by atoms with E-state index in [2.05, 4.69) is 10.2 Å². The molecule has 19 heavy (non-hydrogen) atoms. The quantitative estimate of drug-likeness (QED) is 0.865. The number of ether oxygens (including phenoxy) is 1. The van der Waals surface area contributed by atoms with Crippen molar-refractivity contribution in [3.63, 3.8) is 0 Å². The number of carbonyl (C=O) groups excluding carboxylic acids is 1. The van der Waals surface area contributed by atoms with Crippen molar-refractivity contribution in [3.8, 4) is 0 Å². The van der Waals surface area contributed by atoms with Crippen LogP contribution >= 0.6 is 11.6 Å². The fraction of sp³-hybridized carbons (Fsp3) is 0.500. The summed E-state index contributed by atoms with van der Waals surface area (Å²) < 4.78 is 4.98. The van der Waals surface area contributed by atoms with Crippen molar-refractivity contribution >= 4 is 23.3 Å². The molecule has 1 unspecified atom stereocenters. The van der Waals surface area contributed by atoms with E-state index in [0.717, 1.165) is 25.1 Å². The van der Waals surface area contributed by atoms with E-state index in [4.69, 9.17) is 16.3 Å². The molecule has 5 heteroatoms. The molecule has 1 fully saturated rings. The highest BCUT2D eigenvalue weighted by Crippen LogP contribution is 2.27. The van der Waals surface area contributed by atoms with E-state index >= 15 is 0 Å². The maximum absolute atomic E-state index is 12.2. The van der Waals surface area contributed by atoms with Gasteiger partial charge in [-0.15, -0.1) is 0 Å². The van der Waals surface area contributed by atoms with E-state index in [-0.39, 0.29) is 5.97 Å². The number of hydrogen-bond donors (Lipinski definition) is 1. The smallest absolute Gasteiger partial charge is 0.332 e. The lowest BCUT2D eigenvalue weighted by Gasteiger charge is -2.40. The van der Waals surface area contributed by atoms with Crippen molar-refractivity contribution in [1.82, 2.24) is 4.90 Å². The summed E-state index contributed by atoms with van der Waals surface area (Å²) in [4.78, 5) is 14.3. The summed E-state index contributed by atoms with van der Waals surface area (Å²) in [6.45, 7) is 1.64. The van der Waals surface area contributed by atoms with Gasteiger partial charge in [-0.2, -0.15) is 0 Å². The van der Waals surface area contributed by atoms with Gasteiger partial charge in [0.1, 0.15) is 5.54 Å². The molecule has 1 heterocycles. The normalized spacial score (nSPS) is 23.9. The minimum Gasteiger partial charge on any atom is -0.467 e. The van der Waals surface area contributed by atoms with Crippen molar-refractivity contribution in [1.29, 1.82) is 0 Å². The molecule has 0 aliphatic carbocycles. The second-order valence-corrected chi connectivity index (χ2v) is 5.48. The Kier molecular flexibility index (Phi) is 4.32. The van der Waals surface area contributed by atoms with Crippen LogP contribution in [0.15, 0.2) is 24.3 Å². The molecule has 2 rings (SSSR count). The van der Waals surface area contributed by atoms with E-state index in [9.17, 15) is 4.79 Å². The number of methoxy groups -OCH3 is 1. The minimum absolute atomic E-state index is 0.214. The van der Waals surface area contributed by atoms with Crippen LogP contribution in [0.2, 0.25) is 5.02 Å². The Hall–Kier alpha value is -1.26. The van der Waals surface area contributed by atoms with E-state index < -0.39 is 5.54 Å². The third kappa shape index (κ3) is 3.19. The minimum atomic E-state index is -0.671. The van der Waals surface area contributed by atoms with Gasteiger partial charge in [0.2, 0.25) is 0 Å². The van der Waals surface area contributed by atoms with Gasteiger partial charge in [-0.3, -0.25) is 0 Å². The molecule has 0 bridgehead atoms. The molecule has 1 atom stereocenters. The number of likely N-dealkylation sites (N-methyl/N-ethyl adjacent to an activating group) is 1. The first-order valence-electron chi connectivity index (χ1n) is 6.36. The lowest BCUT2D eigenvalue weighted by Crippen LogP contribution is -2.57. The molecule has 1 aliphatic rings. The average molecular weight is 283 g/mol. The number of hydrogen-bond acceptors (Lipinski definition) is 4. The third-order valence-electron chi connectivity index (χ3n) is 3.49. The molecule has 1 aliphatic heterocycles. The summed E-state index contributed by atoms with van der Waals surface area (Å²) in [7, 11) is 3.45. The van der Waals surface area contributed by atoms with Crippen molar-refractivity contribution in [3.05, 3.63) is 29.3 Å². The van der Waals surface area contributed by atoms with Crippen LogP contribution in [0.5, 0.6) is 0 Å². The number of likely N-dealkylation sites (tertiary alicyclic amines) is 1. The van der Waals surface area contributed by atoms with Gasteiger partial charge < -0.3 is 15.0 Å². The molecule has 0 amide bonds. The zero-order valence-corrected chi connectivity index (χ0v) is 12.0. The summed E-state index contributed by atoms with van der Waals surface area (Å²) in [6.07, 6.45) is 1.73. The van der Waals surface area contributed by atoms with Crippen LogP contribution in [-0.2, 0) is 9.53 Å². The highest BCUT2D eigenvalue weighted by molar-refractivity contribution is 6.30. The molecule has 104 valence electrons. The van der Waals surface area contributed by atoms with Gasteiger partial charge >= 0.3 is 5.97 Å². The first kappa shape index (κ1) is 14.2. The van der Waals surface area contributed by atoms with Crippen LogP contribution in [0.25, 0.3) is 0 Å². The molecular weight excluding hydrogens is 264 g/mol. The van der Waals surface area contributed by atoms with Gasteiger partial charge in [0.15, 0.2) is 0 Å². The fourth-order valence-electron chi connectivity index (χ4n) is 2.59. The Labute approximate surface area is 118 Å². The Morgan fingerprint density at radius 1 is 1.42 bits per heavy atom. The summed E-state index contributed by atoms with van der Waals surface area (Å²) in [5, 5.41) is 4.01. The number of esters is 1. The molecule has 1 saturated heterocycles. The Morgan fingerprint density at radius 3 is 2.68 bits per heavy atom. The molecule has 1 N–H and O–H groups in total. The number of halogens is 1. The first-order valence-corrected chi connectivity index (χ1v) is 6.74. The van der Waals surface area contributed by atoms with Crippen molar-refractivity contribution in [2.24, 2.45) is 0 Å². The van der Waals surface area contributed by atoms with Gasteiger partial charge in [0.05, 0.1) is 7.11 Å². The number of carbonyl (C=O) groups is 1. The van der Waals surface area contributed by atoms with Crippen molar-refractivity contribution < 1.29 is 9.53 Å². The van der Waals surface area contributed by atoms with Crippen LogP contribution < -0.4 is 5.32 Å². The predicted molar refractivity (Wildman–Crippen MR) is 76.6 cm³/mol. The van der Waals surface area contributed by atoms with Gasteiger partial charge in [-0.1, -0.05) is 11.6 Å². The Balaban J connectivity index is 2.22. The lowest BCUT2D eigenvalue weighted by molar-refractivity contribution is -0.147. The molecule has 0 spiro atoms. The summed E-state index contributed by atoms with van der Waals surface area (Å²) in [5.74, 6) is -0.214. The zero-order chi connectivity index (χ0) is 13.9. The third-order valence-corrected chi connectivity index (χ3v) is 3.74. The SMILES string of the molecule is COC(=O)C1(Nc2ccc(Cl)cc2)CCCN(C)C1. The number of piperidine rings is 1. The van der Waals surface area contributed by atoms with Crippen LogP contribution in [0.3, 0.4) is 0 Å².